The first-order valence-electron chi connectivity index (χ1n) is 5.71. The van der Waals surface area contributed by atoms with Crippen molar-refractivity contribution in [3.63, 3.8) is 0 Å². The average molecular weight is 259 g/mol. The quantitative estimate of drug-likeness (QED) is 0.716. The van der Waals surface area contributed by atoms with Crippen LogP contribution < -0.4 is 5.73 Å². The molecule has 1 atom stereocenters. The van der Waals surface area contributed by atoms with Crippen LogP contribution in [-0.4, -0.2) is 52.8 Å². The third kappa shape index (κ3) is 4.03. The van der Waals surface area contributed by atoms with Gasteiger partial charge in [0.25, 0.3) is 0 Å². The van der Waals surface area contributed by atoms with Gasteiger partial charge in [-0.15, -0.1) is 0 Å². The van der Waals surface area contributed by atoms with Crippen LogP contribution in [-0.2, 0) is 4.74 Å². The molecule has 1 saturated heterocycles. The molecule has 2 N–H and O–H groups in total. The van der Waals surface area contributed by atoms with Gasteiger partial charge in [0.15, 0.2) is 5.11 Å². The van der Waals surface area contributed by atoms with E-state index in [1.165, 1.54) is 0 Å². The van der Waals surface area contributed by atoms with Gasteiger partial charge in [0.1, 0.15) is 5.60 Å². The van der Waals surface area contributed by atoms with E-state index in [4.69, 9.17) is 22.7 Å². The Labute approximate surface area is 108 Å². The summed E-state index contributed by atoms with van der Waals surface area (Å²) in [6.07, 6.45) is 0.569. The van der Waals surface area contributed by atoms with Crippen LogP contribution in [0.3, 0.4) is 0 Å². The second kappa shape index (κ2) is 5.08. The van der Waals surface area contributed by atoms with Crippen LogP contribution in [0.2, 0.25) is 0 Å². The minimum absolute atomic E-state index is 0.117. The number of nitrogens with zero attached hydrogens (tertiary/aromatic N) is 2. The summed E-state index contributed by atoms with van der Waals surface area (Å²) >= 11 is 4.92. The molecule has 1 heterocycles. The molecular formula is C11H21N3O2S. The van der Waals surface area contributed by atoms with Crippen molar-refractivity contribution in [2.45, 2.75) is 38.8 Å². The van der Waals surface area contributed by atoms with E-state index in [1.807, 2.05) is 25.7 Å². The van der Waals surface area contributed by atoms with E-state index >= 15 is 0 Å². The number of amides is 1. The standard InChI is InChI=1S/C11H21N3O2S/c1-11(2,3)16-10(15)13(4)8-5-6-14(7-8)9(12)17/h8H,5-7H2,1-4H3,(H2,12,17). The van der Waals surface area contributed by atoms with Crippen molar-refractivity contribution in [3.05, 3.63) is 0 Å². The van der Waals surface area contributed by atoms with Crippen LogP contribution in [0.1, 0.15) is 27.2 Å². The Hall–Kier alpha value is -1.04. The number of hydrogen-bond donors (Lipinski definition) is 1. The molecule has 0 aromatic rings. The molecule has 1 aliphatic heterocycles. The first kappa shape index (κ1) is 14.0. The Morgan fingerprint density at radius 1 is 1.53 bits per heavy atom. The van der Waals surface area contributed by atoms with Crippen molar-refractivity contribution in [1.82, 2.24) is 9.80 Å². The molecule has 0 bridgehead atoms. The van der Waals surface area contributed by atoms with Gasteiger partial charge in [0.2, 0.25) is 0 Å². The number of likely N-dealkylation sites (tertiary alicyclic amines) is 1. The van der Waals surface area contributed by atoms with Crippen molar-refractivity contribution in [3.8, 4) is 0 Å². The van der Waals surface area contributed by atoms with Gasteiger partial charge >= 0.3 is 6.09 Å². The van der Waals surface area contributed by atoms with Gasteiger partial charge in [0.05, 0.1) is 6.04 Å². The second-order valence-electron chi connectivity index (χ2n) is 5.32. The SMILES string of the molecule is CN(C(=O)OC(C)(C)C)C1CCN(C(N)=S)C1. The molecule has 1 aliphatic rings. The van der Waals surface area contributed by atoms with Crippen molar-refractivity contribution in [2.24, 2.45) is 5.73 Å². The zero-order chi connectivity index (χ0) is 13.2. The number of ether oxygens (including phenoxy) is 1. The largest absolute Gasteiger partial charge is 0.444 e. The van der Waals surface area contributed by atoms with E-state index in [1.54, 1.807) is 11.9 Å². The fourth-order valence-corrected chi connectivity index (χ4v) is 1.91. The van der Waals surface area contributed by atoms with Crippen LogP contribution in [0.4, 0.5) is 4.79 Å². The Morgan fingerprint density at radius 2 is 2.12 bits per heavy atom. The molecule has 0 spiro atoms. The van der Waals surface area contributed by atoms with Crippen LogP contribution in [0, 0.1) is 0 Å². The van der Waals surface area contributed by atoms with Crippen molar-refractivity contribution in [2.75, 3.05) is 20.1 Å². The van der Waals surface area contributed by atoms with Crippen molar-refractivity contribution in [1.29, 1.82) is 0 Å². The zero-order valence-electron chi connectivity index (χ0n) is 10.9. The molecule has 17 heavy (non-hydrogen) atoms. The normalized spacial score (nSPS) is 20.2. The van der Waals surface area contributed by atoms with Gasteiger partial charge in [-0.25, -0.2) is 4.79 Å². The fraction of sp³-hybridized carbons (Fsp3) is 0.818. The molecule has 0 aromatic heterocycles. The topological polar surface area (TPSA) is 58.8 Å². The smallest absolute Gasteiger partial charge is 0.410 e. The second-order valence-corrected chi connectivity index (χ2v) is 5.74. The molecule has 0 radical (unpaired) electrons. The van der Waals surface area contributed by atoms with Gasteiger partial charge in [0, 0.05) is 20.1 Å². The number of rotatable bonds is 1. The van der Waals surface area contributed by atoms with Crippen LogP contribution >= 0.6 is 12.2 Å². The summed E-state index contributed by atoms with van der Waals surface area (Å²) in [7, 11) is 1.75. The molecule has 1 unspecified atom stereocenters. The highest BCUT2D eigenvalue weighted by atomic mass is 32.1. The summed E-state index contributed by atoms with van der Waals surface area (Å²) in [5.74, 6) is 0. The number of thiocarbonyl (C=S) groups is 1. The Morgan fingerprint density at radius 3 is 2.53 bits per heavy atom. The lowest BCUT2D eigenvalue weighted by Crippen LogP contribution is -2.43. The summed E-state index contributed by atoms with van der Waals surface area (Å²) in [5.41, 5.74) is 5.10. The molecule has 1 rings (SSSR count). The third-order valence-electron chi connectivity index (χ3n) is 2.70. The molecule has 98 valence electrons. The number of nitrogens with two attached hydrogens (primary N) is 1. The molecule has 0 saturated carbocycles. The first-order chi connectivity index (χ1) is 7.70. The van der Waals surface area contributed by atoms with E-state index in [0.717, 1.165) is 13.0 Å². The lowest BCUT2D eigenvalue weighted by molar-refractivity contribution is 0.0232. The predicted octanol–water partition coefficient (Wildman–Crippen LogP) is 1.17. The highest BCUT2D eigenvalue weighted by molar-refractivity contribution is 7.80. The van der Waals surface area contributed by atoms with Gasteiger partial charge in [-0.05, 0) is 39.4 Å². The molecule has 0 aromatic carbocycles. The van der Waals surface area contributed by atoms with Crippen LogP contribution in [0.25, 0.3) is 0 Å². The highest BCUT2D eigenvalue weighted by Gasteiger charge is 2.31. The van der Waals surface area contributed by atoms with Gasteiger partial charge in [-0.2, -0.15) is 0 Å². The van der Waals surface area contributed by atoms with E-state index in [2.05, 4.69) is 0 Å². The number of carbonyl (C=O) groups is 1. The van der Waals surface area contributed by atoms with E-state index in [0.29, 0.717) is 11.7 Å². The number of carbonyl (C=O) groups excluding carboxylic acids is 1. The maximum absolute atomic E-state index is 11.8. The maximum Gasteiger partial charge on any atom is 0.410 e. The molecule has 1 amide bonds. The monoisotopic (exact) mass is 259 g/mol. The third-order valence-corrected chi connectivity index (χ3v) is 2.96. The summed E-state index contributed by atoms with van der Waals surface area (Å²) in [5, 5.41) is 0.394. The molecule has 6 heteroatoms. The van der Waals surface area contributed by atoms with Crippen molar-refractivity contribution < 1.29 is 9.53 Å². The minimum atomic E-state index is -0.465. The summed E-state index contributed by atoms with van der Waals surface area (Å²) in [6, 6.07) is 0.117. The molecular weight excluding hydrogens is 238 g/mol. The number of likely N-dealkylation sites (N-methyl/N-ethyl adjacent to an activating group) is 1. The lowest BCUT2D eigenvalue weighted by atomic mass is 10.2. The maximum atomic E-state index is 11.8. The van der Waals surface area contributed by atoms with Gasteiger partial charge in [-0.3, -0.25) is 0 Å². The average Bonchev–Trinajstić information content (AvgIpc) is 2.62. The first-order valence-corrected chi connectivity index (χ1v) is 6.11. The summed E-state index contributed by atoms with van der Waals surface area (Å²) < 4.78 is 5.31. The Balaban J connectivity index is 2.52. The Kier molecular flexibility index (Phi) is 4.19. The minimum Gasteiger partial charge on any atom is -0.444 e. The lowest BCUT2D eigenvalue weighted by Gasteiger charge is -2.28. The zero-order valence-corrected chi connectivity index (χ0v) is 11.7. The fourth-order valence-electron chi connectivity index (χ4n) is 1.74. The molecule has 0 aliphatic carbocycles. The Bertz CT molecular complexity index is 314. The molecule has 5 nitrogen and oxygen atoms in total. The van der Waals surface area contributed by atoms with Gasteiger partial charge in [-0.1, -0.05) is 0 Å². The van der Waals surface area contributed by atoms with Crippen LogP contribution in [0.15, 0.2) is 0 Å². The van der Waals surface area contributed by atoms with Gasteiger partial charge < -0.3 is 20.3 Å². The van der Waals surface area contributed by atoms with Crippen LogP contribution in [0.5, 0.6) is 0 Å². The summed E-state index contributed by atoms with van der Waals surface area (Å²) in [6.45, 7) is 7.05. The van der Waals surface area contributed by atoms with E-state index in [9.17, 15) is 4.79 Å². The molecule has 1 fully saturated rings. The summed E-state index contributed by atoms with van der Waals surface area (Å²) in [4.78, 5) is 15.4. The highest BCUT2D eigenvalue weighted by Crippen LogP contribution is 2.17. The van der Waals surface area contributed by atoms with E-state index < -0.39 is 5.60 Å². The van der Waals surface area contributed by atoms with E-state index in [-0.39, 0.29) is 12.1 Å². The van der Waals surface area contributed by atoms with Crippen molar-refractivity contribution >= 4 is 23.4 Å². The predicted molar refractivity (Wildman–Crippen MR) is 70.8 cm³/mol. The number of hydrogen-bond acceptors (Lipinski definition) is 3.